The lowest BCUT2D eigenvalue weighted by molar-refractivity contribution is 0.129. The third-order valence-corrected chi connectivity index (χ3v) is 4.68. The third kappa shape index (κ3) is 4.65. The van der Waals surface area contributed by atoms with Crippen molar-refractivity contribution in [3.05, 3.63) is 66.5 Å². The first-order chi connectivity index (χ1) is 12.8. The Morgan fingerprint density at radius 1 is 1.18 bits per heavy atom. The zero-order valence-electron chi connectivity index (χ0n) is 16.7. The molecule has 0 spiro atoms. The van der Waals surface area contributed by atoms with Gasteiger partial charge < -0.3 is 14.8 Å². The lowest BCUT2D eigenvalue weighted by atomic mass is 9.86. The fraction of sp³-hybridized carbons (Fsp3) is 0.304. The van der Waals surface area contributed by atoms with Gasteiger partial charge in [-0.25, -0.2) is 4.39 Å². The van der Waals surface area contributed by atoms with Gasteiger partial charge in [-0.05, 0) is 62.2 Å². The van der Waals surface area contributed by atoms with Crippen LogP contribution in [0.25, 0.3) is 16.7 Å². The van der Waals surface area contributed by atoms with Gasteiger partial charge in [0.25, 0.3) is 0 Å². The molecular formula is C23H27BrFNO2. The molecule has 0 amide bonds. The largest absolute Gasteiger partial charge is 0.496 e. The zero-order chi connectivity index (χ0) is 19.6. The molecule has 0 radical (unpaired) electrons. The maximum Gasteiger partial charge on any atom is 0.126 e. The number of ether oxygens (including phenoxy) is 2. The van der Waals surface area contributed by atoms with Gasteiger partial charge in [-0.15, -0.1) is 23.6 Å². The summed E-state index contributed by atoms with van der Waals surface area (Å²) in [5.74, 6) is 0.350. The maximum atomic E-state index is 13.8. The molecule has 1 heterocycles. The predicted molar refractivity (Wildman–Crippen MR) is 120 cm³/mol. The number of anilines is 1. The summed E-state index contributed by atoms with van der Waals surface area (Å²) in [5, 5.41) is 3.54. The van der Waals surface area contributed by atoms with E-state index in [0.29, 0.717) is 12.4 Å². The maximum absolute atomic E-state index is 13.8. The Bertz CT molecular complexity index is 892. The van der Waals surface area contributed by atoms with Gasteiger partial charge in [0.15, 0.2) is 0 Å². The molecular weight excluding hydrogens is 421 g/mol. The number of fused-ring (bicyclic) bond motifs is 1. The van der Waals surface area contributed by atoms with Crippen LogP contribution in [0.4, 0.5) is 10.1 Å². The monoisotopic (exact) mass is 447 g/mol. The topological polar surface area (TPSA) is 30.5 Å². The summed E-state index contributed by atoms with van der Waals surface area (Å²) in [6.07, 6.45) is 3.85. The van der Waals surface area contributed by atoms with Crippen molar-refractivity contribution in [1.29, 1.82) is 0 Å². The summed E-state index contributed by atoms with van der Waals surface area (Å²) >= 11 is 0. The van der Waals surface area contributed by atoms with Gasteiger partial charge in [0.2, 0.25) is 0 Å². The van der Waals surface area contributed by atoms with Crippen LogP contribution in [-0.2, 0) is 4.74 Å². The van der Waals surface area contributed by atoms with E-state index in [1.807, 2.05) is 19.1 Å². The quantitative estimate of drug-likeness (QED) is 0.530. The highest BCUT2D eigenvalue weighted by Gasteiger charge is 2.27. The van der Waals surface area contributed by atoms with E-state index in [1.165, 1.54) is 12.1 Å². The highest BCUT2D eigenvalue weighted by Crippen LogP contribution is 2.40. The SMILES string of the molecule is Br.C=CCOC(C)C1=CC(C)(C)Nc2ccc(-c3cc(F)ccc3OC)cc21. The smallest absolute Gasteiger partial charge is 0.126 e. The molecule has 1 unspecified atom stereocenters. The number of nitrogens with one attached hydrogen (secondary N) is 1. The van der Waals surface area contributed by atoms with Crippen LogP contribution in [0.1, 0.15) is 26.3 Å². The number of methoxy groups -OCH3 is 1. The Labute approximate surface area is 177 Å². The molecule has 3 rings (SSSR count). The van der Waals surface area contributed by atoms with Crippen LogP contribution in [0.3, 0.4) is 0 Å². The molecule has 1 aliphatic rings. The fourth-order valence-corrected chi connectivity index (χ4v) is 3.45. The minimum absolute atomic E-state index is 0. The van der Waals surface area contributed by atoms with Gasteiger partial charge in [-0.3, -0.25) is 0 Å². The minimum atomic E-state index is -0.291. The molecule has 1 N–H and O–H groups in total. The van der Waals surface area contributed by atoms with E-state index in [2.05, 4.69) is 37.9 Å². The predicted octanol–water partition coefficient (Wildman–Crippen LogP) is 6.26. The summed E-state index contributed by atoms with van der Waals surface area (Å²) in [6, 6.07) is 10.6. The van der Waals surface area contributed by atoms with Crippen LogP contribution < -0.4 is 10.1 Å². The summed E-state index contributed by atoms with van der Waals surface area (Å²) in [4.78, 5) is 0. The van der Waals surface area contributed by atoms with Crippen LogP contribution >= 0.6 is 17.0 Å². The summed E-state index contributed by atoms with van der Waals surface area (Å²) in [5.41, 5.74) is 4.62. The van der Waals surface area contributed by atoms with E-state index in [9.17, 15) is 4.39 Å². The Balaban J connectivity index is 0.00000280. The van der Waals surface area contributed by atoms with E-state index in [1.54, 1.807) is 19.3 Å². The van der Waals surface area contributed by atoms with E-state index in [4.69, 9.17) is 9.47 Å². The molecule has 0 aromatic heterocycles. The first-order valence-corrected chi connectivity index (χ1v) is 9.06. The van der Waals surface area contributed by atoms with Gasteiger partial charge in [0, 0.05) is 16.8 Å². The summed E-state index contributed by atoms with van der Waals surface area (Å²) in [6.45, 7) is 10.5. The average molecular weight is 448 g/mol. The van der Waals surface area contributed by atoms with E-state index in [-0.39, 0.29) is 34.4 Å². The molecule has 2 aromatic rings. The van der Waals surface area contributed by atoms with Gasteiger partial charge in [-0.1, -0.05) is 18.2 Å². The van der Waals surface area contributed by atoms with Crippen molar-refractivity contribution in [2.24, 2.45) is 0 Å². The van der Waals surface area contributed by atoms with Crippen LogP contribution in [0.2, 0.25) is 0 Å². The van der Waals surface area contributed by atoms with Crippen molar-refractivity contribution >= 4 is 28.2 Å². The van der Waals surface area contributed by atoms with Crippen LogP contribution in [0.15, 0.2) is 55.1 Å². The number of rotatable bonds is 6. The second-order valence-electron chi connectivity index (χ2n) is 7.32. The highest BCUT2D eigenvalue weighted by atomic mass is 79.9. The van der Waals surface area contributed by atoms with Crippen molar-refractivity contribution in [2.45, 2.75) is 32.4 Å². The second kappa shape index (κ2) is 8.93. The first kappa shape index (κ1) is 22.2. The van der Waals surface area contributed by atoms with E-state index in [0.717, 1.165) is 28.0 Å². The van der Waals surface area contributed by atoms with Crippen LogP contribution in [-0.4, -0.2) is 25.4 Å². The van der Waals surface area contributed by atoms with Crippen molar-refractivity contribution in [2.75, 3.05) is 19.0 Å². The lowest BCUT2D eigenvalue weighted by Crippen LogP contribution is -2.33. The Morgan fingerprint density at radius 2 is 1.93 bits per heavy atom. The molecule has 0 bridgehead atoms. The number of halogens is 2. The molecule has 3 nitrogen and oxygen atoms in total. The van der Waals surface area contributed by atoms with Gasteiger partial charge in [0.1, 0.15) is 11.6 Å². The van der Waals surface area contributed by atoms with Crippen molar-refractivity contribution in [3.63, 3.8) is 0 Å². The standard InChI is InChI=1S/C23H26FNO2.BrH/c1-6-11-27-15(2)20-14-23(3,4)25-21-9-7-16(12-19(20)21)18-13-17(24)8-10-22(18)26-5;/h6-10,12-15,25H,1,11H2,2-5H3;1H. The van der Waals surface area contributed by atoms with Gasteiger partial charge in [0.05, 0.1) is 25.4 Å². The molecule has 1 atom stereocenters. The van der Waals surface area contributed by atoms with Gasteiger partial charge >= 0.3 is 0 Å². The molecule has 0 fully saturated rings. The fourth-order valence-electron chi connectivity index (χ4n) is 3.45. The third-order valence-electron chi connectivity index (χ3n) is 4.68. The molecule has 28 heavy (non-hydrogen) atoms. The zero-order valence-corrected chi connectivity index (χ0v) is 18.4. The van der Waals surface area contributed by atoms with Crippen LogP contribution in [0, 0.1) is 5.82 Å². The number of hydrogen-bond acceptors (Lipinski definition) is 3. The Kier molecular flexibility index (Phi) is 7.07. The molecule has 5 heteroatoms. The Hall–Kier alpha value is -2.11. The normalized spacial score (nSPS) is 15.4. The Morgan fingerprint density at radius 3 is 2.61 bits per heavy atom. The first-order valence-electron chi connectivity index (χ1n) is 9.06. The molecule has 0 saturated carbocycles. The van der Waals surface area contributed by atoms with Crippen molar-refractivity contribution < 1.29 is 13.9 Å². The molecule has 2 aromatic carbocycles. The molecule has 150 valence electrons. The summed E-state index contributed by atoms with van der Waals surface area (Å²) < 4.78 is 25.2. The molecule has 0 aliphatic carbocycles. The lowest BCUT2D eigenvalue weighted by Gasteiger charge is -2.34. The van der Waals surface area contributed by atoms with Gasteiger partial charge in [-0.2, -0.15) is 0 Å². The van der Waals surface area contributed by atoms with Crippen molar-refractivity contribution in [1.82, 2.24) is 0 Å². The van der Waals surface area contributed by atoms with Crippen molar-refractivity contribution in [3.8, 4) is 16.9 Å². The van der Waals surface area contributed by atoms with Crippen LogP contribution in [0.5, 0.6) is 5.75 Å². The minimum Gasteiger partial charge on any atom is -0.496 e. The molecule has 1 aliphatic heterocycles. The van der Waals surface area contributed by atoms with E-state index < -0.39 is 0 Å². The second-order valence-corrected chi connectivity index (χ2v) is 7.32. The number of benzene rings is 2. The average Bonchev–Trinajstić information content (AvgIpc) is 2.64. The summed E-state index contributed by atoms with van der Waals surface area (Å²) in [7, 11) is 1.59. The molecule has 0 saturated heterocycles. The van der Waals surface area contributed by atoms with E-state index >= 15 is 0 Å². The highest BCUT2D eigenvalue weighted by molar-refractivity contribution is 8.93. The number of hydrogen-bond donors (Lipinski definition) is 1.